The van der Waals surface area contributed by atoms with Crippen LogP contribution in [0.5, 0.6) is 0 Å². The Morgan fingerprint density at radius 1 is 1.35 bits per heavy atom. The molecule has 0 bridgehead atoms. The molecule has 1 aromatic carbocycles. The van der Waals surface area contributed by atoms with Crippen molar-refractivity contribution in [3.05, 3.63) is 29.3 Å². The van der Waals surface area contributed by atoms with Crippen LogP contribution >= 0.6 is 11.8 Å². The molecule has 0 aromatic heterocycles. The van der Waals surface area contributed by atoms with Gasteiger partial charge >= 0.3 is 5.97 Å². The van der Waals surface area contributed by atoms with Crippen LogP contribution in [0.2, 0.25) is 0 Å². The zero-order chi connectivity index (χ0) is 13.1. The fraction of sp³-hybridized carbons (Fsp3) is 0.500. The van der Waals surface area contributed by atoms with E-state index >= 15 is 0 Å². The van der Waals surface area contributed by atoms with Crippen molar-refractivity contribution in [1.82, 2.24) is 0 Å². The van der Waals surface area contributed by atoms with Gasteiger partial charge in [0.2, 0.25) is 0 Å². The first-order chi connectivity index (χ1) is 7.79. The van der Waals surface area contributed by atoms with Crippen molar-refractivity contribution in [3.63, 3.8) is 0 Å². The summed E-state index contributed by atoms with van der Waals surface area (Å²) in [6.45, 7) is 8.47. The SMILES string of the molecule is Cc1ccc(SCCC(C)(C)C)cc1C(=O)O. The number of hydrogen-bond donors (Lipinski definition) is 1. The molecule has 1 aromatic rings. The van der Waals surface area contributed by atoms with Gasteiger partial charge in [0, 0.05) is 4.90 Å². The summed E-state index contributed by atoms with van der Waals surface area (Å²) in [6, 6.07) is 5.64. The Kier molecular flexibility index (Phi) is 4.63. The van der Waals surface area contributed by atoms with Gasteiger partial charge in [-0.1, -0.05) is 26.8 Å². The summed E-state index contributed by atoms with van der Waals surface area (Å²) in [5.74, 6) is 0.173. The number of hydrogen-bond acceptors (Lipinski definition) is 2. The summed E-state index contributed by atoms with van der Waals surface area (Å²) >= 11 is 1.72. The molecule has 0 fully saturated rings. The van der Waals surface area contributed by atoms with E-state index in [4.69, 9.17) is 5.11 Å². The molecule has 0 saturated carbocycles. The molecule has 94 valence electrons. The Morgan fingerprint density at radius 3 is 2.53 bits per heavy atom. The lowest BCUT2D eigenvalue weighted by Crippen LogP contribution is -2.05. The Hall–Kier alpha value is -0.960. The molecule has 1 N–H and O–H groups in total. The molecular weight excluding hydrogens is 232 g/mol. The average molecular weight is 252 g/mol. The molecule has 0 aliphatic rings. The highest BCUT2D eigenvalue weighted by Crippen LogP contribution is 2.27. The number of aryl methyl sites for hydroxylation is 1. The highest BCUT2D eigenvalue weighted by atomic mass is 32.2. The molecule has 3 heteroatoms. The maximum absolute atomic E-state index is 11.0. The van der Waals surface area contributed by atoms with Crippen LogP contribution in [0.3, 0.4) is 0 Å². The van der Waals surface area contributed by atoms with Gasteiger partial charge < -0.3 is 5.11 Å². The van der Waals surface area contributed by atoms with Gasteiger partial charge in [-0.15, -0.1) is 11.8 Å². The van der Waals surface area contributed by atoms with Crippen LogP contribution in [0.15, 0.2) is 23.1 Å². The fourth-order valence-electron chi connectivity index (χ4n) is 1.40. The minimum absolute atomic E-state index is 0.327. The minimum atomic E-state index is -0.847. The number of thioether (sulfide) groups is 1. The minimum Gasteiger partial charge on any atom is -0.478 e. The summed E-state index contributed by atoms with van der Waals surface area (Å²) in [7, 11) is 0. The third kappa shape index (κ3) is 4.82. The number of aromatic carboxylic acids is 1. The molecule has 0 aliphatic carbocycles. The van der Waals surface area contributed by atoms with E-state index in [1.807, 2.05) is 19.1 Å². The van der Waals surface area contributed by atoms with Crippen LogP contribution in [-0.2, 0) is 0 Å². The molecular formula is C14H20O2S. The molecule has 0 atom stereocenters. The van der Waals surface area contributed by atoms with Crippen molar-refractivity contribution in [1.29, 1.82) is 0 Å². The Morgan fingerprint density at radius 2 is 2.00 bits per heavy atom. The second-order valence-corrected chi connectivity index (χ2v) is 6.61. The van der Waals surface area contributed by atoms with E-state index in [-0.39, 0.29) is 0 Å². The first-order valence-electron chi connectivity index (χ1n) is 5.76. The molecule has 0 spiro atoms. The van der Waals surface area contributed by atoms with Crippen molar-refractivity contribution in [2.75, 3.05) is 5.75 Å². The standard InChI is InChI=1S/C14H20O2S/c1-10-5-6-11(9-12(10)13(15)16)17-8-7-14(2,3)4/h5-6,9H,7-8H2,1-4H3,(H,15,16). The van der Waals surface area contributed by atoms with Crippen LogP contribution in [0.1, 0.15) is 43.1 Å². The lowest BCUT2D eigenvalue weighted by atomic mass is 9.94. The Labute approximate surface area is 107 Å². The molecule has 1 rings (SSSR count). The van der Waals surface area contributed by atoms with Crippen molar-refractivity contribution in [2.24, 2.45) is 5.41 Å². The summed E-state index contributed by atoms with van der Waals surface area (Å²) < 4.78 is 0. The van der Waals surface area contributed by atoms with E-state index in [1.54, 1.807) is 17.8 Å². The van der Waals surface area contributed by atoms with Gasteiger partial charge in [-0.25, -0.2) is 4.79 Å². The van der Waals surface area contributed by atoms with Crippen molar-refractivity contribution in [2.45, 2.75) is 39.0 Å². The van der Waals surface area contributed by atoms with E-state index in [0.717, 1.165) is 22.6 Å². The van der Waals surface area contributed by atoms with Gasteiger partial charge in [0.05, 0.1) is 5.56 Å². The quantitative estimate of drug-likeness (QED) is 0.815. The number of carbonyl (C=O) groups is 1. The van der Waals surface area contributed by atoms with Crippen molar-refractivity contribution in [3.8, 4) is 0 Å². The van der Waals surface area contributed by atoms with Crippen LogP contribution < -0.4 is 0 Å². The van der Waals surface area contributed by atoms with Crippen LogP contribution in [-0.4, -0.2) is 16.8 Å². The summed E-state index contributed by atoms with van der Waals surface area (Å²) in [4.78, 5) is 12.0. The van der Waals surface area contributed by atoms with E-state index in [2.05, 4.69) is 20.8 Å². The van der Waals surface area contributed by atoms with Crippen LogP contribution in [0.25, 0.3) is 0 Å². The first-order valence-corrected chi connectivity index (χ1v) is 6.75. The monoisotopic (exact) mass is 252 g/mol. The molecule has 0 amide bonds. The largest absolute Gasteiger partial charge is 0.478 e. The van der Waals surface area contributed by atoms with Gasteiger partial charge in [0.25, 0.3) is 0 Å². The second kappa shape index (κ2) is 5.58. The summed E-state index contributed by atoms with van der Waals surface area (Å²) in [5, 5.41) is 9.04. The van der Waals surface area contributed by atoms with Gasteiger partial charge in [-0.2, -0.15) is 0 Å². The second-order valence-electron chi connectivity index (χ2n) is 5.44. The topological polar surface area (TPSA) is 37.3 Å². The number of benzene rings is 1. The lowest BCUT2D eigenvalue weighted by Gasteiger charge is -2.17. The molecule has 0 saturated heterocycles. The first kappa shape index (κ1) is 14.1. The maximum Gasteiger partial charge on any atom is 0.335 e. The van der Waals surface area contributed by atoms with Crippen molar-refractivity contribution < 1.29 is 9.90 Å². The average Bonchev–Trinajstić information content (AvgIpc) is 2.18. The lowest BCUT2D eigenvalue weighted by molar-refractivity contribution is 0.0696. The molecule has 2 nitrogen and oxygen atoms in total. The fourth-order valence-corrected chi connectivity index (χ4v) is 2.71. The predicted molar refractivity (Wildman–Crippen MR) is 72.9 cm³/mol. The van der Waals surface area contributed by atoms with Gasteiger partial charge in [-0.05, 0) is 42.2 Å². The maximum atomic E-state index is 11.0. The van der Waals surface area contributed by atoms with Crippen LogP contribution in [0.4, 0.5) is 0 Å². The van der Waals surface area contributed by atoms with E-state index in [1.165, 1.54) is 0 Å². The third-order valence-corrected chi connectivity index (χ3v) is 3.56. The zero-order valence-electron chi connectivity index (χ0n) is 10.9. The zero-order valence-corrected chi connectivity index (χ0v) is 11.7. The van der Waals surface area contributed by atoms with Gasteiger partial charge in [-0.3, -0.25) is 0 Å². The van der Waals surface area contributed by atoms with Crippen molar-refractivity contribution >= 4 is 17.7 Å². The van der Waals surface area contributed by atoms with Gasteiger partial charge in [0.15, 0.2) is 0 Å². The summed E-state index contributed by atoms with van der Waals surface area (Å²) in [6.07, 6.45) is 1.12. The molecule has 0 heterocycles. The van der Waals surface area contributed by atoms with E-state index < -0.39 is 5.97 Å². The Balaban J connectivity index is 2.67. The Bertz CT molecular complexity index is 405. The molecule has 0 unspecified atom stereocenters. The van der Waals surface area contributed by atoms with E-state index in [9.17, 15) is 4.79 Å². The molecule has 17 heavy (non-hydrogen) atoms. The van der Waals surface area contributed by atoms with Crippen LogP contribution in [0, 0.1) is 12.3 Å². The molecule has 0 radical (unpaired) electrons. The smallest absolute Gasteiger partial charge is 0.335 e. The predicted octanol–water partition coefficient (Wildman–Crippen LogP) is 4.22. The van der Waals surface area contributed by atoms with E-state index in [0.29, 0.717) is 11.0 Å². The highest BCUT2D eigenvalue weighted by molar-refractivity contribution is 7.99. The number of carboxylic acids is 1. The number of carboxylic acid groups (broad SMARTS) is 1. The number of rotatable bonds is 4. The molecule has 0 aliphatic heterocycles. The normalized spacial score (nSPS) is 11.5. The van der Waals surface area contributed by atoms with Gasteiger partial charge in [0.1, 0.15) is 0 Å². The highest BCUT2D eigenvalue weighted by Gasteiger charge is 2.11. The summed E-state index contributed by atoms with van der Waals surface area (Å²) in [5.41, 5.74) is 1.55. The third-order valence-electron chi connectivity index (χ3n) is 2.56.